The first kappa shape index (κ1) is 22.6. The Balaban J connectivity index is 1.47. The minimum Gasteiger partial charge on any atom is -0.378 e. The molecule has 0 atom stereocenters. The molecule has 0 bridgehead atoms. The lowest BCUT2D eigenvalue weighted by Gasteiger charge is -2.27. The number of nitrogens with one attached hydrogen (secondary N) is 1. The molecule has 0 spiro atoms. The average Bonchev–Trinajstić information content (AvgIpc) is 3.27. The topological polar surface area (TPSA) is 97.5 Å². The predicted octanol–water partition coefficient (Wildman–Crippen LogP) is 3.44. The maximum absolute atomic E-state index is 13.3. The number of ether oxygens (including phenoxy) is 1. The van der Waals surface area contributed by atoms with Crippen molar-refractivity contribution in [3.63, 3.8) is 0 Å². The number of anilines is 2. The number of carbonyl (C=O) groups is 1. The number of Topliss-reactive ketones (excluding diaryl/α,β-unsaturated/α-hetero) is 1. The highest BCUT2D eigenvalue weighted by Gasteiger charge is 2.20. The molecule has 10 heteroatoms. The second-order valence-electron chi connectivity index (χ2n) is 8.23. The normalized spacial score (nSPS) is 14.1. The van der Waals surface area contributed by atoms with Gasteiger partial charge in [-0.25, -0.2) is 9.37 Å². The van der Waals surface area contributed by atoms with Gasteiger partial charge in [0.05, 0.1) is 32.3 Å². The van der Waals surface area contributed by atoms with E-state index >= 15 is 0 Å². The van der Waals surface area contributed by atoms with Gasteiger partial charge in [0.2, 0.25) is 5.95 Å². The number of benzene rings is 2. The molecule has 2 aromatic heterocycles. The van der Waals surface area contributed by atoms with Crippen LogP contribution < -0.4 is 10.3 Å². The first-order valence-electron chi connectivity index (χ1n) is 11.3. The van der Waals surface area contributed by atoms with Gasteiger partial charge < -0.3 is 14.2 Å². The number of nitrogens with zero attached hydrogens (tertiary/aromatic N) is 6. The average molecular weight is 474 g/mol. The summed E-state index contributed by atoms with van der Waals surface area (Å²) in [7, 11) is 0. The van der Waals surface area contributed by atoms with E-state index in [1.54, 1.807) is 17.1 Å². The summed E-state index contributed by atoms with van der Waals surface area (Å²) in [4.78, 5) is 28.7. The van der Waals surface area contributed by atoms with Crippen molar-refractivity contribution in [3.8, 4) is 0 Å². The van der Waals surface area contributed by atoms with Crippen LogP contribution >= 0.6 is 0 Å². The molecular weight excluding hydrogens is 449 g/mol. The zero-order valence-electron chi connectivity index (χ0n) is 19.2. The number of imidazole rings is 1. The molecule has 1 aliphatic rings. The molecule has 0 amide bonds. The van der Waals surface area contributed by atoms with Gasteiger partial charge in [0, 0.05) is 18.7 Å². The molecule has 3 heterocycles. The summed E-state index contributed by atoms with van der Waals surface area (Å²) in [5, 5.41) is 4.36. The lowest BCUT2D eigenvalue weighted by atomic mass is 10.1. The summed E-state index contributed by atoms with van der Waals surface area (Å²) in [6, 6.07) is 13.5. The predicted molar refractivity (Wildman–Crippen MR) is 131 cm³/mol. The van der Waals surface area contributed by atoms with E-state index in [1.807, 2.05) is 36.1 Å². The van der Waals surface area contributed by atoms with Gasteiger partial charge in [0.15, 0.2) is 22.8 Å². The Kier molecular flexibility index (Phi) is 6.44. The Morgan fingerprint density at radius 2 is 1.97 bits per heavy atom. The maximum atomic E-state index is 13.3. The Bertz CT molecular complexity index is 1380. The molecule has 35 heavy (non-hydrogen) atoms. The van der Waals surface area contributed by atoms with Gasteiger partial charge in [-0.15, -0.1) is 0 Å². The number of aryl methyl sites for hydroxylation is 1. The SMILES string of the molecule is Cc1cccc(C=NNc2nc(N3CCOCC3)nc3c2ncn3CC(=O)c2ccc(F)cc2)c1. The van der Waals surface area contributed by atoms with Crippen molar-refractivity contribution in [3.05, 3.63) is 77.4 Å². The monoisotopic (exact) mass is 473 g/mol. The summed E-state index contributed by atoms with van der Waals surface area (Å²) in [6.07, 6.45) is 3.27. The van der Waals surface area contributed by atoms with E-state index in [9.17, 15) is 9.18 Å². The molecule has 0 aliphatic carbocycles. The summed E-state index contributed by atoms with van der Waals surface area (Å²) >= 11 is 0. The quantitative estimate of drug-likeness (QED) is 0.249. The van der Waals surface area contributed by atoms with Gasteiger partial charge in [-0.3, -0.25) is 10.2 Å². The minimum atomic E-state index is -0.389. The van der Waals surface area contributed by atoms with Crippen molar-refractivity contribution in [2.75, 3.05) is 36.6 Å². The Hall–Kier alpha value is -4.18. The van der Waals surface area contributed by atoms with Crippen LogP contribution in [0.3, 0.4) is 0 Å². The van der Waals surface area contributed by atoms with E-state index in [2.05, 4.69) is 20.5 Å². The van der Waals surface area contributed by atoms with E-state index in [0.29, 0.717) is 54.8 Å². The molecule has 0 radical (unpaired) electrons. The van der Waals surface area contributed by atoms with E-state index in [-0.39, 0.29) is 18.1 Å². The van der Waals surface area contributed by atoms with Crippen LogP contribution in [0.4, 0.5) is 16.2 Å². The van der Waals surface area contributed by atoms with Crippen LogP contribution in [-0.4, -0.2) is 57.8 Å². The smallest absolute Gasteiger partial charge is 0.229 e. The number of halogens is 1. The van der Waals surface area contributed by atoms with E-state index in [4.69, 9.17) is 9.72 Å². The summed E-state index contributed by atoms with van der Waals surface area (Å²) in [5.41, 5.74) is 6.50. The van der Waals surface area contributed by atoms with Crippen LogP contribution in [0.5, 0.6) is 0 Å². The molecule has 4 aromatic rings. The number of hydrogen-bond acceptors (Lipinski definition) is 8. The number of aromatic nitrogens is 4. The summed E-state index contributed by atoms with van der Waals surface area (Å²) < 4.78 is 20.4. The van der Waals surface area contributed by atoms with E-state index in [0.717, 1.165) is 11.1 Å². The largest absolute Gasteiger partial charge is 0.378 e. The third-order valence-electron chi connectivity index (χ3n) is 5.65. The van der Waals surface area contributed by atoms with Crippen LogP contribution in [0.25, 0.3) is 11.2 Å². The van der Waals surface area contributed by atoms with E-state index < -0.39 is 0 Å². The summed E-state index contributed by atoms with van der Waals surface area (Å²) in [6.45, 7) is 4.50. The second-order valence-corrected chi connectivity index (χ2v) is 8.23. The van der Waals surface area contributed by atoms with Gasteiger partial charge in [-0.2, -0.15) is 15.1 Å². The third kappa shape index (κ3) is 5.17. The van der Waals surface area contributed by atoms with Gasteiger partial charge >= 0.3 is 0 Å². The highest BCUT2D eigenvalue weighted by molar-refractivity contribution is 5.97. The van der Waals surface area contributed by atoms with E-state index in [1.165, 1.54) is 24.3 Å². The molecule has 2 aromatic carbocycles. The Morgan fingerprint density at radius 3 is 2.74 bits per heavy atom. The first-order chi connectivity index (χ1) is 17.1. The maximum Gasteiger partial charge on any atom is 0.229 e. The molecule has 5 rings (SSSR count). The number of rotatable bonds is 7. The van der Waals surface area contributed by atoms with Crippen LogP contribution in [0.1, 0.15) is 21.5 Å². The van der Waals surface area contributed by atoms with Crippen LogP contribution in [-0.2, 0) is 11.3 Å². The number of morpholine rings is 1. The lowest BCUT2D eigenvalue weighted by molar-refractivity contribution is 0.0973. The van der Waals surface area contributed by atoms with Crippen molar-refractivity contribution in [1.29, 1.82) is 0 Å². The lowest BCUT2D eigenvalue weighted by Crippen LogP contribution is -2.37. The number of fused-ring (bicyclic) bond motifs is 1. The molecule has 0 saturated carbocycles. The highest BCUT2D eigenvalue weighted by Crippen LogP contribution is 2.24. The number of ketones is 1. The molecule has 1 saturated heterocycles. The summed E-state index contributed by atoms with van der Waals surface area (Å²) in [5.74, 6) is 0.376. The van der Waals surface area contributed by atoms with Crippen molar-refractivity contribution >= 4 is 34.9 Å². The van der Waals surface area contributed by atoms with Crippen LogP contribution in [0.2, 0.25) is 0 Å². The van der Waals surface area contributed by atoms with Crippen molar-refractivity contribution < 1.29 is 13.9 Å². The van der Waals surface area contributed by atoms with Gasteiger partial charge in [0.25, 0.3) is 0 Å². The standard InChI is InChI=1S/C25H24FN7O2/c1-17-3-2-4-18(13-17)14-28-31-23-22-24(30-25(29-23)32-9-11-35-12-10-32)33(16-27-22)15-21(34)19-5-7-20(26)8-6-19/h2-8,13-14,16H,9-12,15H2,1H3,(H,29,30,31). The molecule has 0 unspecified atom stereocenters. The molecule has 178 valence electrons. The van der Waals surface area contributed by atoms with Crippen molar-refractivity contribution in [1.82, 2.24) is 19.5 Å². The molecule has 9 nitrogen and oxygen atoms in total. The minimum absolute atomic E-state index is 0.00764. The fourth-order valence-corrected chi connectivity index (χ4v) is 3.83. The third-order valence-corrected chi connectivity index (χ3v) is 5.65. The molecular formula is C25H24FN7O2. The van der Waals surface area contributed by atoms with Gasteiger partial charge in [-0.05, 0) is 36.8 Å². The van der Waals surface area contributed by atoms with Crippen molar-refractivity contribution in [2.24, 2.45) is 5.10 Å². The zero-order valence-corrected chi connectivity index (χ0v) is 19.2. The molecule has 1 aliphatic heterocycles. The molecule has 1 fully saturated rings. The Labute approximate surface area is 201 Å². The zero-order chi connectivity index (χ0) is 24.2. The highest BCUT2D eigenvalue weighted by atomic mass is 19.1. The number of hydrazone groups is 1. The van der Waals surface area contributed by atoms with Crippen LogP contribution in [0.15, 0.2) is 60.0 Å². The number of hydrogen-bond donors (Lipinski definition) is 1. The second kappa shape index (κ2) is 9.98. The van der Waals surface area contributed by atoms with Gasteiger partial charge in [-0.1, -0.05) is 29.8 Å². The van der Waals surface area contributed by atoms with Gasteiger partial charge in [0.1, 0.15) is 5.82 Å². The van der Waals surface area contributed by atoms with Crippen LogP contribution in [0, 0.1) is 12.7 Å². The fraction of sp³-hybridized carbons (Fsp3) is 0.240. The number of carbonyl (C=O) groups excluding carboxylic acids is 1. The molecule has 1 N–H and O–H groups in total. The first-order valence-corrected chi connectivity index (χ1v) is 11.3. The van der Waals surface area contributed by atoms with Crippen molar-refractivity contribution in [2.45, 2.75) is 13.5 Å². The Morgan fingerprint density at radius 1 is 1.17 bits per heavy atom. The fourth-order valence-electron chi connectivity index (χ4n) is 3.83.